The van der Waals surface area contributed by atoms with Gasteiger partial charge in [0.2, 0.25) is 0 Å². The average Bonchev–Trinajstić information content (AvgIpc) is 3.17. The van der Waals surface area contributed by atoms with Crippen molar-refractivity contribution in [2.75, 3.05) is 45.6 Å². The number of benzene rings is 2. The fourth-order valence-corrected chi connectivity index (χ4v) is 5.44. The highest BCUT2D eigenvalue weighted by Gasteiger charge is 2.30. The minimum atomic E-state index is -0.237. The number of ether oxygens (including phenoxy) is 1. The average molecular weight is 457 g/mol. The molecule has 2 aromatic carbocycles. The Morgan fingerprint density at radius 3 is 2.69 bits per heavy atom. The second-order valence-electron chi connectivity index (χ2n) is 8.92. The van der Waals surface area contributed by atoms with Crippen molar-refractivity contribution in [3.63, 3.8) is 0 Å². The largest absolute Gasteiger partial charge is 0.384 e. The van der Waals surface area contributed by atoms with Crippen molar-refractivity contribution in [2.24, 2.45) is 5.92 Å². The Bertz CT molecular complexity index is 1040. The maximum Gasteiger partial charge on any atom is 0.123 e. The Morgan fingerprint density at radius 1 is 1.19 bits per heavy atom. The van der Waals surface area contributed by atoms with E-state index >= 15 is 0 Å². The highest BCUT2D eigenvalue weighted by molar-refractivity contribution is 7.97. The fourth-order valence-electron chi connectivity index (χ4n) is 4.49. The van der Waals surface area contributed by atoms with Gasteiger partial charge in [-0.2, -0.15) is 5.10 Å². The molecule has 1 aliphatic heterocycles. The molecule has 0 spiro atoms. The Balaban J connectivity index is 1.65. The van der Waals surface area contributed by atoms with Crippen molar-refractivity contribution in [3.05, 3.63) is 59.5 Å². The van der Waals surface area contributed by atoms with Crippen LogP contribution >= 0.6 is 11.9 Å². The number of hydrogen-bond donors (Lipinski definition) is 0. The van der Waals surface area contributed by atoms with Gasteiger partial charge in [0.15, 0.2) is 0 Å². The molecule has 1 aliphatic rings. The number of piperazine rings is 1. The van der Waals surface area contributed by atoms with E-state index in [4.69, 9.17) is 4.74 Å². The fraction of sp³-hybridized carbons (Fsp3) is 0.480. The van der Waals surface area contributed by atoms with E-state index in [2.05, 4.69) is 47.2 Å². The van der Waals surface area contributed by atoms with E-state index in [1.54, 1.807) is 19.2 Å². The second-order valence-corrected chi connectivity index (χ2v) is 10.1. The van der Waals surface area contributed by atoms with E-state index in [9.17, 15) is 4.39 Å². The minimum Gasteiger partial charge on any atom is -0.384 e. The first-order valence-corrected chi connectivity index (χ1v) is 12.3. The van der Waals surface area contributed by atoms with Crippen molar-refractivity contribution >= 4 is 22.9 Å². The van der Waals surface area contributed by atoms with Crippen LogP contribution in [-0.2, 0) is 4.74 Å². The Hall–Kier alpha value is -1.93. The molecule has 1 aromatic heterocycles. The maximum absolute atomic E-state index is 13.4. The lowest BCUT2D eigenvalue weighted by Gasteiger charge is -2.42. The van der Waals surface area contributed by atoms with Crippen LogP contribution in [0.4, 0.5) is 4.39 Å². The summed E-state index contributed by atoms with van der Waals surface area (Å²) in [5.74, 6) is 1.37. The van der Waals surface area contributed by atoms with Crippen LogP contribution in [0.1, 0.15) is 31.0 Å². The summed E-state index contributed by atoms with van der Waals surface area (Å²) in [6, 6.07) is 11.4. The van der Waals surface area contributed by atoms with Crippen molar-refractivity contribution < 1.29 is 9.13 Å². The summed E-state index contributed by atoms with van der Waals surface area (Å²) in [5, 5.41) is 5.72. The zero-order valence-electron chi connectivity index (χ0n) is 19.4. The molecule has 3 aromatic rings. The molecule has 0 amide bonds. The second kappa shape index (κ2) is 10.3. The number of methoxy groups -OCH3 is 1. The molecule has 0 radical (unpaired) electrons. The molecule has 1 saturated heterocycles. The zero-order chi connectivity index (χ0) is 22.7. The summed E-state index contributed by atoms with van der Waals surface area (Å²) >= 11 is 1.89. The summed E-state index contributed by atoms with van der Waals surface area (Å²) in [7, 11) is 1.76. The van der Waals surface area contributed by atoms with Gasteiger partial charge in [-0.1, -0.05) is 25.8 Å². The van der Waals surface area contributed by atoms with Crippen molar-refractivity contribution in [1.82, 2.24) is 19.0 Å². The predicted octanol–water partition coefficient (Wildman–Crippen LogP) is 5.08. The molecule has 0 aliphatic carbocycles. The number of hydrogen-bond acceptors (Lipinski definition) is 5. The standard InChI is InChI=1S/C25H33FN4OS/c1-18(2)16-28-9-10-29(32-12-11-31-4)17-25(28)23-14-20-15-27-30(24(20)13-19(23)3)22-7-5-21(26)6-8-22/h5-8,13-15,18,25H,9-12,16-17H2,1-4H3. The molecule has 1 unspecified atom stereocenters. The van der Waals surface area contributed by atoms with Crippen LogP contribution in [0.3, 0.4) is 0 Å². The third-order valence-electron chi connectivity index (χ3n) is 6.00. The van der Waals surface area contributed by atoms with Gasteiger partial charge in [-0.15, -0.1) is 0 Å². The lowest BCUT2D eigenvalue weighted by atomic mass is 9.96. The third kappa shape index (κ3) is 5.17. The lowest BCUT2D eigenvalue weighted by molar-refractivity contribution is 0.109. The van der Waals surface area contributed by atoms with Gasteiger partial charge in [-0.25, -0.2) is 13.4 Å². The smallest absolute Gasteiger partial charge is 0.123 e. The normalized spacial score (nSPS) is 18.1. The van der Waals surface area contributed by atoms with Gasteiger partial charge in [0, 0.05) is 50.5 Å². The molecule has 4 rings (SSSR count). The van der Waals surface area contributed by atoms with Crippen molar-refractivity contribution in [3.8, 4) is 5.69 Å². The molecule has 32 heavy (non-hydrogen) atoms. The van der Waals surface area contributed by atoms with Crippen molar-refractivity contribution in [1.29, 1.82) is 0 Å². The predicted molar refractivity (Wildman–Crippen MR) is 131 cm³/mol. The highest BCUT2D eigenvalue weighted by Crippen LogP contribution is 2.34. The molecular weight excluding hydrogens is 423 g/mol. The molecule has 1 fully saturated rings. The van der Waals surface area contributed by atoms with Gasteiger partial charge in [-0.3, -0.25) is 4.90 Å². The van der Waals surface area contributed by atoms with Crippen LogP contribution in [0, 0.1) is 18.7 Å². The molecule has 0 saturated carbocycles. The molecule has 2 heterocycles. The molecule has 7 heteroatoms. The maximum atomic E-state index is 13.4. The molecular formula is C25H33FN4OS. The van der Waals surface area contributed by atoms with E-state index in [-0.39, 0.29) is 5.82 Å². The van der Waals surface area contributed by atoms with Crippen LogP contribution in [0.5, 0.6) is 0 Å². The summed E-state index contributed by atoms with van der Waals surface area (Å²) in [4.78, 5) is 2.64. The van der Waals surface area contributed by atoms with Gasteiger partial charge in [-0.05, 0) is 60.4 Å². The quantitative estimate of drug-likeness (QED) is 0.349. The van der Waals surface area contributed by atoms with Crippen LogP contribution in [-0.4, -0.2) is 64.6 Å². The first kappa shape index (κ1) is 23.2. The molecule has 0 N–H and O–H groups in total. The Labute approximate surface area is 194 Å². The number of fused-ring (bicyclic) bond motifs is 1. The number of halogens is 1. The van der Waals surface area contributed by atoms with Gasteiger partial charge < -0.3 is 4.74 Å². The monoisotopic (exact) mass is 456 g/mol. The third-order valence-corrected chi connectivity index (χ3v) is 7.05. The van der Waals surface area contributed by atoms with E-state index < -0.39 is 0 Å². The van der Waals surface area contributed by atoms with E-state index in [1.165, 1.54) is 23.3 Å². The SMILES string of the molecule is COCCSN1CCN(CC(C)C)C(c2cc3cnn(-c4ccc(F)cc4)c3cc2C)C1. The summed E-state index contributed by atoms with van der Waals surface area (Å²) in [5.41, 5.74) is 4.56. The van der Waals surface area contributed by atoms with Gasteiger partial charge in [0.1, 0.15) is 5.82 Å². The minimum absolute atomic E-state index is 0.237. The van der Waals surface area contributed by atoms with E-state index in [0.29, 0.717) is 12.0 Å². The van der Waals surface area contributed by atoms with Crippen molar-refractivity contribution in [2.45, 2.75) is 26.8 Å². The lowest BCUT2D eigenvalue weighted by Crippen LogP contribution is -2.47. The summed E-state index contributed by atoms with van der Waals surface area (Å²) in [6.07, 6.45) is 1.92. The zero-order valence-corrected chi connectivity index (χ0v) is 20.2. The van der Waals surface area contributed by atoms with Gasteiger partial charge in [0.05, 0.1) is 24.0 Å². The highest BCUT2D eigenvalue weighted by atomic mass is 32.2. The van der Waals surface area contributed by atoms with Crippen LogP contribution < -0.4 is 0 Å². The van der Waals surface area contributed by atoms with Gasteiger partial charge >= 0.3 is 0 Å². The summed E-state index contributed by atoms with van der Waals surface area (Å²) in [6.45, 7) is 11.8. The van der Waals surface area contributed by atoms with Crippen LogP contribution in [0.25, 0.3) is 16.6 Å². The number of aromatic nitrogens is 2. The topological polar surface area (TPSA) is 33.5 Å². The summed E-state index contributed by atoms with van der Waals surface area (Å²) < 4.78 is 23.0. The molecule has 1 atom stereocenters. The first-order valence-electron chi connectivity index (χ1n) is 11.3. The molecule has 172 valence electrons. The number of nitrogens with zero attached hydrogens (tertiary/aromatic N) is 4. The van der Waals surface area contributed by atoms with E-state index in [0.717, 1.165) is 55.1 Å². The van der Waals surface area contributed by atoms with Crippen LogP contribution in [0.2, 0.25) is 0 Å². The number of aryl methyl sites for hydroxylation is 1. The molecule has 0 bridgehead atoms. The first-order chi connectivity index (χ1) is 15.5. The molecule has 5 nitrogen and oxygen atoms in total. The van der Waals surface area contributed by atoms with E-state index in [1.807, 2.05) is 22.8 Å². The Kier molecular flexibility index (Phi) is 7.51. The van der Waals surface area contributed by atoms with Gasteiger partial charge in [0.25, 0.3) is 0 Å². The Morgan fingerprint density at radius 2 is 1.97 bits per heavy atom. The van der Waals surface area contributed by atoms with Crippen LogP contribution in [0.15, 0.2) is 42.6 Å². The number of rotatable bonds is 8.